The quantitative estimate of drug-likeness (QED) is 0.809. The lowest BCUT2D eigenvalue weighted by Gasteiger charge is -2.22. The number of halogens is 3. The predicted molar refractivity (Wildman–Crippen MR) is 96.5 cm³/mol. The van der Waals surface area contributed by atoms with Gasteiger partial charge in [0.25, 0.3) is 0 Å². The molecule has 0 saturated carbocycles. The van der Waals surface area contributed by atoms with Crippen LogP contribution in [0.3, 0.4) is 0 Å². The summed E-state index contributed by atoms with van der Waals surface area (Å²) in [6, 6.07) is 13.0. The van der Waals surface area contributed by atoms with Gasteiger partial charge in [0.05, 0.1) is 23.1 Å². The number of rotatable bonds is 3. The van der Waals surface area contributed by atoms with E-state index in [-0.39, 0.29) is 24.6 Å². The van der Waals surface area contributed by atoms with Crippen molar-refractivity contribution < 1.29 is 22.8 Å². The molecule has 0 radical (unpaired) electrons. The fourth-order valence-electron chi connectivity index (χ4n) is 3.16. The Morgan fingerprint density at radius 1 is 1.21 bits per heavy atom. The summed E-state index contributed by atoms with van der Waals surface area (Å²) in [6.45, 7) is 0.00125. The first-order chi connectivity index (χ1) is 13.2. The molecule has 0 aliphatic carbocycles. The van der Waals surface area contributed by atoms with Crippen LogP contribution in [0.5, 0.6) is 0 Å². The van der Waals surface area contributed by atoms with Crippen molar-refractivity contribution >= 4 is 23.2 Å². The minimum Gasteiger partial charge on any atom is -0.315 e. The average molecular weight is 387 g/mol. The number of nitriles is 1. The number of anilines is 2. The van der Waals surface area contributed by atoms with Gasteiger partial charge < -0.3 is 9.80 Å². The smallest absolute Gasteiger partial charge is 0.315 e. The van der Waals surface area contributed by atoms with Crippen molar-refractivity contribution in [2.75, 3.05) is 23.4 Å². The largest absolute Gasteiger partial charge is 0.416 e. The SMILES string of the molecule is CN(C(=O)C1CC(=O)N(c2cccc(C(F)(F)F)c2)C1)c1cccc(C#N)c1. The highest BCUT2D eigenvalue weighted by atomic mass is 19.4. The molecule has 2 aromatic rings. The molecule has 1 fully saturated rings. The number of benzene rings is 2. The van der Waals surface area contributed by atoms with E-state index in [4.69, 9.17) is 5.26 Å². The molecule has 144 valence electrons. The van der Waals surface area contributed by atoms with Gasteiger partial charge in [0, 0.05) is 31.4 Å². The molecule has 0 bridgehead atoms. The highest BCUT2D eigenvalue weighted by Crippen LogP contribution is 2.34. The number of carbonyl (C=O) groups excluding carboxylic acids is 2. The minimum absolute atomic E-state index is 0.00125. The predicted octanol–water partition coefficient (Wildman–Crippen LogP) is 3.59. The molecular formula is C20H16F3N3O2. The highest BCUT2D eigenvalue weighted by Gasteiger charge is 2.38. The molecule has 3 rings (SSSR count). The Balaban J connectivity index is 1.79. The van der Waals surface area contributed by atoms with Gasteiger partial charge in [-0.25, -0.2) is 0 Å². The maximum absolute atomic E-state index is 12.9. The fraction of sp³-hybridized carbons (Fsp3) is 0.250. The van der Waals surface area contributed by atoms with Crippen molar-refractivity contribution in [3.05, 3.63) is 59.7 Å². The Labute approximate surface area is 159 Å². The van der Waals surface area contributed by atoms with Gasteiger partial charge in [0.15, 0.2) is 0 Å². The van der Waals surface area contributed by atoms with Gasteiger partial charge in [-0.05, 0) is 36.4 Å². The van der Waals surface area contributed by atoms with E-state index in [1.807, 2.05) is 6.07 Å². The van der Waals surface area contributed by atoms with Crippen LogP contribution in [0.25, 0.3) is 0 Å². The van der Waals surface area contributed by atoms with E-state index in [9.17, 15) is 22.8 Å². The summed E-state index contributed by atoms with van der Waals surface area (Å²) in [5.41, 5.74) is 0.168. The van der Waals surface area contributed by atoms with Gasteiger partial charge in [-0.1, -0.05) is 12.1 Å². The summed E-state index contributed by atoms with van der Waals surface area (Å²) in [7, 11) is 1.54. The summed E-state index contributed by atoms with van der Waals surface area (Å²) in [4.78, 5) is 27.7. The standard InChI is InChI=1S/C20H16F3N3O2/c1-25(16-6-2-4-13(8-16)11-24)19(28)14-9-18(27)26(12-14)17-7-3-5-15(10-17)20(21,22)23/h2-8,10,14H,9,12H2,1H3. The third-order valence-corrected chi connectivity index (χ3v) is 4.65. The molecule has 0 aromatic heterocycles. The van der Waals surface area contributed by atoms with Gasteiger partial charge in [0.2, 0.25) is 11.8 Å². The summed E-state index contributed by atoms with van der Waals surface area (Å²) in [6.07, 6.45) is -4.60. The molecule has 28 heavy (non-hydrogen) atoms. The second-order valence-corrected chi connectivity index (χ2v) is 6.51. The maximum Gasteiger partial charge on any atom is 0.416 e. The Morgan fingerprint density at radius 2 is 1.93 bits per heavy atom. The van der Waals surface area contributed by atoms with Gasteiger partial charge in [-0.2, -0.15) is 18.4 Å². The van der Waals surface area contributed by atoms with Crippen LogP contribution < -0.4 is 9.80 Å². The van der Waals surface area contributed by atoms with Crippen molar-refractivity contribution in [2.24, 2.45) is 5.92 Å². The van der Waals surface area contributed by atoms with E-state index in [0.29, 0.717) is 11.3 Å². The van der Waals surface area contributed by atoms with E-state index in [1.54, 1.807) is 24.3 Å². The molecule has 1 aliphatic rings. The van der Waals surface area contributed by atoms with Crippen LogP contribution in [-0.2, 0) is 15.8 Å². The number of hydrogen-bond donors (Lipinski definition) is 0. The van der Waals surface area contributed by atoms with E-state index in [1.165, 1.54) is 29.0 Å². The number of hydrogen-bond acceptors (Lipinski definition) is 3. The second-order valence-electron chi connectivity index (χ2n) is 6.51. The molecule has 1 atom stereocenters. The van der Waals surface area contributed by atoms with Crippen molar-refractivity contribution in [1.29, 1.82) is 5.26 Å². The zero-order valence-electron chi connectivity index (χ0n) is 14.9. The first kappa shape index (κ1) is 19.4. The molecule has 2 amide bonds. The van der Waals surface area contributed by atoms with E-state index in [2.05, 4.69) is 0 Å². The number of alkyl halides is 3. The number of amides is 2. The third-order valence-electron chi connectivity index (χ3n) is 4.65. The summed E-state index contributed by atoms with van der Waals surface area (Å²) < 4.78 is 38.8. The van der Waals surface area contributed by atoms with Crippen LogP contribution in [-0.4, -0.2) is 25.4 Å². The Bertz CT molecular complexity index is 966. The molecule has 2 aromatic carbocycles. The summed E-state index contributed by atoms with van der Waals surface area (Å²) >= 11 is 0. The summed E-state index contributed by atoms with van der Waals surface area (Å²) in [5.74, 6) is -1.42. The van der Waals surface area contributed by atoms with Gasteiger partial charge in [-0.15, -0.1) is 0 Å². The first-order valence-corrected chi connectivity index (χ1v) is 8.46. The zero-order chi connectivity index (χ0) is 20.5. The average Bonchev–Trinajstić information content (AvgIpc) is 3.08. The lowest BCUT2D eigenvalue weighted by Crippen LogP contribution is -2.34. The van der Waals surface area contributed by atoms with Crippen LogP contribution in [0, 0.1) is 17.2 Å². The van der Waals surface area contributed by atoms with Gasteiger partial charge >= 0.3 is 6.18 Å². The van der Waals surface area contributed by atoms with Crippen molar-refractivity contribution in [1.82, 2.24) is 0 Å². The van der Waals surface area contributed by atoms with Crippen LogP contribution in [0.2, 0.25) is 0 Å². The van der Waals surface area contributed by atoms with Crippen molar-refractivity contribution in [3.63, 3.8) is 0 Å². The van der Waals surface area contributed by atoms with Gasteiger partial charge in [0.1, 0.15) is 0 Å². The molecule has 1 heterocycles. The van der Waals surface area contributed by atoms with Crippen LogP contribution in [0.4, 0.5) is 24.5 Å². The molecule has 1 aliphatic heterocycles. The third kappa shape index (κ3) is 3.83. The minimum atomic E-state index is -4.51. The molecule has 1 saturated heterocycles. The van der Waals surface area contributed by atoms with E-state index >= 15 is 0 Å². The van der Waals surface area contributed by atoms with Crippen LogP contribution in [0.1, 0.15) is 17.5 Å². The first-order valence-electron chi connectivity index (χ1n) is 8.46. The summed E-state index contributed by atoms with van der Waals surface area (Å²) in [5, 5.41) is 8.98. The molecule has 5 nitrogen and oxygen atoms in total. The Kier molecular flexibility index (Phi) is 5.10. The fourth-order valence-corrected chi connectivity index (χ4v) is 3.16. The monoisotopic (exact) mass is 387 g/mol. The van der Waals surface area contributed by atoms with Crippen LogP contribution in [0.15, 0.2) is 48.5 Å². The lowest BCUT2D eigenvalue weighted by molar-refractivity contribution is -0.137. The Hall–Kier alpha value is -3.34. The maximum atomic E-state index is 12.9. The number of nitrogens with zero attached hydrogens (tertiary/aromatic N) is 3. The van der Waals surface area contributed by atoms with Crippen LogP contribution >= 0.6 is 0 Å². The van der Waals surface area contributed by atoms with Crippen molar-refractivity contribution in [2.45, 2.75) is 12.6 Å². The molecule has 8 heteroatoms. The Morgan fingerprint density at radius 3 is 2.61 bits per heavy atom. The topological polar surface area (TPSA) is 64.4 Å². The molecule has 0 spiro atoms. The van der Waals surface area contributed by atoms with Crippen molar-refractivity contribution in [3.8, 4) is 6.07 Å². The van der Waals surface area contributed by atoms with E-state index in [0.717, 1.165) is 12.1 Å². The second kappa shape index (κ2) is 7.35. The normalized spacial score (nSPS) is 16.8. The molecule has 1 unspecified atom stereocenters. The van der Waals surface area contributed by atoms with Gasteiger partial charge in [-0.3, -0.25) is 9.59 Å². The highest BCUT2D eigenvalue weighted by molar-refractivity contribution is 6.04. The zero-order valence-corrected chi connectivity index (χ0v) is 14.9. The van der Waals surface area contributed by atoms with E-state index < -0.39 is 23.6 Å². The molecule has 0 N–H and O–H groups in total. The number of carbonyl (C=O) groups is 2. The molecular weight excluding hydrogens is 371 g/mol. The lowest BCUT2D eigenvalue weighted by atomic mass is 10.1.